The minimum atomic E-state index is -4.94. The highest BCUT2D eigenvalue weighted by molar-refractivity contribution is 7.91. The third-order valence-electron chi connectivity index (χ3n) is 4.68. The van der Waals surface area contributed by atoms with E-state index in [1.165, 1.54) is 24.3 Å². The van der Waals surface area contributed by atoms with Crippen LogP contribution < -0.4 is 10.1 Å². The van der Waals surface area contributed by atoms with Crippen molar-refractivity contribution in [3.63, 3.8) is 0 Å². The van der Waals surface area contributed by atoms with Crippen LogP contribution in [0.4, 0.5) is 13.2 Å². The number of benzene rings is 2. The van der Waals surface area contributed by atoms with Crippen molar-refractivity contribution in [1.29, 1.82) is 0 Å². The van der Waals surface area contributed by atoms with Gasteiger partial charge >= 0.3 is 6.36 Å². The molecule has 0 fully saturated rings. The lowest BCUT2D eigenvalue weighted by Gasteiger charge is -2.11. The first-order valence-electron chi connectivity index (χ1n) is 9.53. The smallest absolute Gasteiger partial charge is 0.406 e. The van der Waals surface area contributed by atoms with Crippen molar-refractivity contribution in [2.45, 2.75) is 22.7 Å². The van der Waals surface area contributed by atoms with E-state index in [0.29, 0.717) is 0 Å². The molecule has 1 amide bonds. The van der Waals surface area contributed by atoms with Crippen molar-refractivity contribution < 1.29 is 31.1 Å². The van der Waals surface area contributed by atoms with Gasteiger partial charge in [0.25, 0.3) is 5.91 Å². The lowest BCUT2D eigenvalue weighted by atomic mass is 10.2. The summed E-state index contributed by atoms with van der Waals surface area (Å²) >= 11 is 0. The molecule has 11 heteroatoms. The fourth-order valence-electron chi connectivity index (χ4n) is 3.12. The number of rotatable bonds is 6. The molecule has 7 nitrogen and oxygen atoms in total. The number of fused-ring (bicyclic) bond motifs is 1. The van der Waals surface area contributed by atoms with Crippen molar-refractivity contribution in [2.75, 3.05) is 0 Å². The van der Waals surface area contributed by atoms with Crippen molar-refractivity contribution in [3.05, 3.63) is 90.4 Å². The predicted molar refractivity (Wildman–Crippen MR) is 111 cm³/mol. The fraction of sp³-hybridized carbons (Fsp3) is 0.0909. The summed E-state index contributed by atoms with van der Waals surface area (Å²) in [5.74, 6) is -1.06. The molecule has 2 aromatic heterocycles. The average molecular weight is 475 g/mol. The summed E-state index contributed by atoms with van der Waals surface area (Å²) in [4.78, 5) is 16.0. The topological polar surface area (TPSA) is 89.8 Å². The largest absolute Gasteiger partial charge is 0.573 e. The molecule has 33 heavy (non-hydrogen) atoms. The Bertz CT molecular complexity index is 1410. The Kier molecular flexibility index (Phi) is 5.81. The summed E-state index contributed by atoms with van der Waals surface area (Å²) in [5, 5.41) is 2.75. The first-order valence-corrected chi connectivity index (χ1v) is 11.0. The molecule has 0 saturated carbocycles. The first-order chi connectivity index (χ1) is 15.6. The maximum atomic E-state index is 12.8. The van der Waals surface area contributed by atoms with Crippen molar-refractivity contribution in [1.82, 2.24) is 14.7 Å². The number of hydrogen-bond acceptors (Lipinski definition) is 5. The summed E-state index contributed by atoms with van der Waals surface area (Å²) in [6.07, 6.45) is 0.328. The number of hydrogen-bond donors (Lipinski definition) is 1. The summed E-state index contributed by atoms with van der Waals surface area (Å²) in [6, 6.07) is 12.9. The summed E-state index contributed by atoms with van der Waals surface area (Å²) < 4.78 is 68.4. The molecule has 0 radical (unpaired) electrons. The first kappa shape index (κ1) is 22.3. The quantitative estimate of drug-likeness (QED) is 0.456. The molecule has 4 rings (SSSR count). The number of ether oxygens (including phenoxy) is 1. The molecule has 0 saturated heterocycles. The molecule has 2 aromatic carbocycles. The standard InChI is InChI=1S/C22H16F3N3O4S/c23-22(24,25)32-17-2-1-3-19(12-17)33(30,31)18-7-5-16(6-8-18)21(29)27-13-15-4-9-20-26-10-11-28(20)14-15/h1-12,14H,13H2,(H,27,29). The third kappa shape index (κ3) is 5.14. The second-order valence-electron chi connectivity index (χ2n) is 6.96. The van der Waals surface area contributed by atoms with Gasteiger partial charge in [-0.1, -0.05) is 12.1 Å². The molecule has 2 heterocycles. The van der Waals surface area contributed by atoms with Crippen LogP contribution in [0.15, 0.2) is 89.0 Å². The Labute approximate surface area is 186 Å². The van der Waals surface area contributed by atoms with Gasteiger partial charge in [0, 0.05) is 30.7 Å². The highest BCUT2D eigenvalue weighted by Gasteiger charge is 2.31. The number of nitrogens with zero attached hydrogens (tertiary/aromatic N) is 2. The average Bonchev–Trinajstić information content (AvgIpc) is 3.24. The molecule has 170 valence electrons. The van der Waals surface area contributed by atoms with Crippen LogP contribution in [0.25, 0.3) is 5.65 Å². The minimum absolute atomic E-state index is 0.172. The number of halogens is 3. The zero-order chi connectivity index (χ0) is 23.6. The SMILES string of the molecule is O=C(NCc1ccc2nccn2c1)c1ccc(S(=O)(=O)c2cccc(OC(F)(F)F)c2)cc1. The number of sulfone groups is 1. The van der Waals surface area contributed by atoms with Gasteiger partial charge in [0.05, 0.1) is 9.79 Å². The van der Waals surface area contributed by atoms with Crippen molar-refractivity contribution in [3.8, 4) is 5.75 Å². The highest BCUT2D eigenvalue weighted by atomic mass is 32.2. The molecule has 0 aliphatic rings. The highest BCUT2D eigenvalue weighted by Crippen LogP contribution is 2.28. The second kappa shape index (κ2) is 8.58. The van der Waals surface area contributed by atoms with E-state index in [1.54, 1.807) is 12.4 Å². The Morgan fingerprint density at radius 2 is 1.79 bits per heavy atom. The van der Waals surface area contributed by atoms with Crippen LogP contribution in [-0.4, -0.2) is 30.1 Å². The van der Waals surface area contributed by atoms with Gasteiger partial charge < -0.3 is 14.5 Å². The number of alkyl halides is 3. The van der Waals surface area contributed by atoms with Crippen LogP contribution >= 0.6 is 0 Å². The van der Waals surface area contributed by atoms with Crippen LogP contribution in [0.5, 0.6) is 5.75 Å². The van der Waals surface area contributed by atoms with E-state index in [2.05, 4.69) is 15.0 Å². The van der Waals surface area contributed by atoms with E-state index in [0.717, 1.165) is 35.5 Å². The summed E-state index contributed by atoms with van der Waals surface area (Å²) in [7, 11) is -4.12. The molecule has 0 spiro atoms. The number of nitrogens with one attached hydrogen (secondary N) is 1. The number of amides is 1. The second-order valence-corrected chi connectivity index (χ2v) is 8.91. The number of carbonyl (C=O) groups is 1. The molecule has 4 aromatic rings. The predicted octanol–water partition coefficient (Wildman–Crippen LogP) is 4.00. The Morgan fingerprint density at radius 1 is 1.03 bits per heavy atom. The van der Waals surface area contributed by atoms with E-state index in [9.17, 15) is 26.4 Å². The molecule has 0 aliphatic heterocycles. The monoisotopic (exact) mass is 475 g/mol. The van der Waals surface area contributed by atoms with Gasteiger partial charge in [-0.3, -0.25) is 4.79 Å². The zero-order valence-electron chi connectivity index (χ0n) is 16.8. The normalized spacial score (nSPS) is 12.0. The van der Waals surface area contributed by atoms with Crippen LogP contribution in [0.3, 0.4) is 0 Å². The van der Waals surface area contributed by atoms with Crippen LogP contribution in [-0.2, 0) is 16.4 Å². The number of imidazole rings is 1. The third-order valence-corrected chi connectivity index (χ3v) is 6.45. The fourth-order valence-corrected chi connectivity index (χ4v) is 4.41. The maximum Gasteiger partial charge on any atom is 0.573 e. The van der Waals surface area contributed by atoms with E-state index in [-0.39, 0.29) is 21.9 Å². The van der Waals surface area contributed by atoms with Crippen LogP contribution in [0.2, 0.25) is 0 Å². The Hall–Kier alpha value is -3.86. The van der Waals surface area contributed by atoms with Crippen molar-refractivity contribution in [2.24, 2.45) is 0 Å². The maximum absolute atomic E-state index is 12.8. The Morgan fingerprint density at radius 3 is 2.52 bits per heavy atom. The minimum Gasteiger partial charge on any atom is -0.406 e. The van der Waals surface area contributed by atoms with Gasteiger partial charge in [-0.15, -0.1) is 13.2 Å². The van der Waals surface area contributed by atoms with Gasteiger partial charge in [0.15, 0.2) is 0 Å². The van der Waals surface area contributed by atoms with Gasteiger partial charge in [-0.05, 0) is 54.1 Å². The van der Waals surface area contributed by atoms with Crippen LogP contribution in [0, 0.1) is 0 Å². The van der Waals surface area contributed by atoms with E-state index < -0.39 is 27.9 Å². The molecule has 0 bridgehead atoms. The molecular formula is C22H16F3N3O4S. The summed E-state index contributed by atoms with van der Waals surface area (Å²) in [6.45, 7) is 0.249. The van der Waals surface area contributed by atoms with Crippen LogP contribution in [0.1, 0.15) is 15.9 Å². The van der Waals surface area contributed by atoms with Crippen molar-refractivity contribution >= 4 is 21.4 Å². The lowest BCUT2D eigenvalue weighted by molar-refractivity contribution is -0.274. The Balaban J connectivity index is 1.46. The van der Waals surface area contributed by atoms with Gasteiger partial charge in [-0.25, -0.2) is 13.4 Å². The number of carbonyl (C=O) groups excluding carboxylic acids is 1. The van der Waals surface area contributed by atoms with E-state index in [1.807, 2.05) is 22.7 Å². The zero-order valence-corrected chi connectivity index (χ0v) is 17.6. The summed E-state index contributed by atoms with van der Waals surface area (Å²) in [5.41, 5.74) is 1.85. The van der Waals surface area contributed by atoms with E-state index >= 15 is 0 Å². The lowest BCUT2D eigenvalue weighted by Crippen LogP contribution is -2.23. The molecule has 0 atom stereocenters. The molecule has 1 N–H and O–H groups in total. The van der Waals surface area contributed by atoms with Gasteiger partial charge in [0.2, 0.25) is 9.84 Å². The molecule has 0 unspecified atom stereocenters. The van der Waals surface area contributed by atoms with E-state index in [4.69, 9.17) is 0 Å². The number of aromatic nitrogens is 2. The number of pyridine rings is 1. The van der Waals surface area contributed by atoms with Gasteiger partial charge in [-0.2, -0.15) is 0 Å². The molecular weight excluding hydrogens is 459 g/mol. The molecule has 0 aliphatic carbocycles. The van der Waals surface area contributed by atoms with Gasteiger partial charge in [0.1, 0.15) is 11.4 Å².